The Labute approximate surface area is 173 Å². The highest BCUT2D eigenvalue weighted by atomic mass is 35.5. The van der Waals surface area contributed by atoms with Gasteiger partial charge >= 0.3 is 0 Å². The van der Waals surface area contributed by atoms with Crippen molar-refractivity contribution in [2.24, 2.45) is 11.7 Å². The van der Waals surface area contributed by atoms with Crippen LogP contribution < -0.4 is 10.6 Å². The fourth-order valence-corrected chi connectivity index (χ4v) is 4.48. The molecule has 0 unspecified atom stereocenters. The molecule has 2 aromatic rings. The Balaban J connectivity index is 0.00000131. The summed E-state index contributed by atoms with van der Waals surface area (Å²) in [4.78, 5) is 21.6. The minimum Gasteiger partial charge on any atom is -0.356 e. The molecule has 0 bridgehead atoms. The molecule has 2 N–H and O–H groups in total. The molecule has 0 radical (unpaired) electrons. The van der Waals surface area contributed by atoms with Gasteiger partial charge in [0.25, 0.3) is 0 Å². The number of nitrogens with two attached hydrogens (primary N) is 1. The number of halogens is 2. The highest BCUT2D eigenvalue weighted by molar-refractivity contribution is 5.86. The van der Waals surface area contributed by atoms with Crippen molar-refractivity contribution in [2.45, 2.75) is 32.2 Å². The molecule has 0 aliphatic carbocycles. The lowest BCUT2D eigenvalue weighted by atomic mass is 9.83. The number of piperidine rings is 2. The van der Waals surface area contributed by atoms with E-state index in [-0.39, 0.29) is 30.7 Å². The van der Waals surface area contributed by atoms with Gasteiger partial charge in [-0.25, -0.2) is 4.98 Å². The first kappa shape index (κ1) is 21.7. The minimum atomic E-state index is 0. The number of likely N-dealkylation sites (tertiary alicyclic amines) is 1. The number of rotatable bonds is 3. The van der Waals surface area contributed by atoms with Crippen LogP contribution in [0.25, 0.3) is 10.9 Å². The zero-order valence-electron chi connectivity index (χ0n) is 15.6. The number of aryl methyl sites for hydroxylation is 1. The van der Waals surface area contributed by atoms with Gasteiger partial charge in [0.1, 0.15) is 5.82 Å². The van der Waals surface area contributed by atoms with E-state index in [0.29, 0.717) is 31.5 Å². The van der Waals surface area contributed by atoms with E-state index in [4.69, 9.17) is 10.7 Å². The lowest BCUT2D eigenvalue weighted by Crippen LogP contribution is -2.57. The largest absolute Gasteiger partial charge is 0.356 e. The summed E-state index contributed by atoms with van der Waals surface area (Å²) in [5.41, 5.74) is 8.05. The van der Waals surface area contributed by atoms with Gasteiger partial charge in [-0.1, -0.05) is 18.2 Å². The molecule has 0 spiro atoms. The summed E-state index contributed by atoms with van der Waals surface area (Å²) < 4.78 is 0. The van der Waals surface area contributed by atoms with Crippen molar-refractivity contribution in [2.75, 3.05) is 31.1 Å². The number of anilines is 1. The standard InChI is InChI=1S/C20H26N4O.2ClH/c1-14-12-19(22-17-5-3-2-4-16(14)17)23-10-8-18-15(13-23)6-7-20(25)24(18)11-9-21;;/h2-5,12,15,18H,6-11,13,21H2,1H3;2*1H/t15-,18+;;/m0../s1. The molecule has 0 saturated carbocycles. The van der Waals surface area contributed by atoms with Crippen LogP contribution in [-0.2, 0) is 4.79 Å². The van der Waals surface area contributed by atoms with Crippen LogP contribution >= 0.6 is 24.8 Å². The number of pyridine rings is 1. The van der Waals surface area contributed by atoms with E-state index in [2.05, 4.69) is 36.1 Å². The van der Waals surface area contributed by atoms with E-state index < -0.39 is 0 Å². The Morgan fingerprint density at radius 2 is 2.00 bits per heavy atom. The Hall–Kier alpha value is -1.56. The first-order chi connectivity index (χ1) is 12.2. The fraction of sp³-hybridized carbons (Fsp3) is 0.500. The maximum Gasteiger partial charge on any atom is 0.222 e. The van der Waals surface area contributed by atoms with Gasteiger partial charge in [-0.3, -0.25) is 4.79 Å². The average molecular weight is 411 g/mol. The van der Waals surface area contributed by atoms with Crippen molar-refractivity contribution in [3.63, 3.8) is 0 Å². The molecule has 148 valence electrons. The lowest BCUT2D eigenvalue weighted by molar-refractivity contribution is -0.139. The molecule has 2 aliphatic rings. The maximum absolute atomic E-state index is 12.2. The predicted octanol–water partition coefficient (Wildman–Crippen LogP) is 3.16. The molecule has 2 aliphatic heterocycles. The van der Waals surface area contributed by atoms with Gasteiger partial charge in [0, 0.05) is 44.0 Å². The number of hydrogen-bond acceptors (Lipinski definition) is 4. The topological polar surface area (TPSA) is 62.5 Å². The average Bonchev–Trinajstić information content (AvgIpc) is 2.64. The molecule has 5 nitrogen and oxygen atoms in total. The number of benzene rings is 1. The van der Waals surface area contributed by atoms with Gasteiger partial charge in [-0.15, -0.1) is 24.8 Å². The highest BCUT2D eigenvalue weighted by Crippen LogP contribution is 2.33. The molecule has 1 amide bonds. The van der Waals surface area contributed by atoms with Crippen LogP contribution in [0.4, 0.5) is 5.82 Å². The van der Waals surface area contributed by atoms with Crippen LogP contribution in [0, 0.1) is 12.8 Å². The molecular formula is C20H28Cl2N4O. The number of para-hydroxylation sites is 1. The monoisotopic (exact) mass is 410 g/mol. The number of nitrogens with zero attached hydrogens (tertiary/aromatic N) is 3. The van der Waals surface area contributed by atoms with Crippen LogP contribution in [0.2, 0.25) is 0 Å². The number of amides is 1. The van der Waals surface area contributed by atoms with Gasteiger partial charge < -0.3 is 15.5 Å². The summed E-state index contributed by atoms with van der Waals surface area (Å²) in [6, 6.07) is 10.9. The molecule has 1 aromatic heterocycles. The Morgan fingerprint density at radius 1 is 1.22 bits per heavy atom. The number of aromatic nitrogens is 1. The second-order valence-electron chi connectivity index (χ2n) is 7.29. The summed E-state index contributed by atoms with van der Waals surface area (Å²) >= 11 is 0. The second-order valence-corrected chi connectivity index (χ2v) is 7.29. The van der Waals surface area contributed by atoms with E-state index >= 15 is 0 Å². The lowest BCUT2D eigenvalue weighted by Gasteiger charge is -2.47. The Morgan fingerprint density at radius 3 is 2.78 bits per heavy atom. The van der Waals surface area contributed by atoms with Crippen LogP contribution in [0.1, 0.15) is 24.8 Å². The van der Waals surface area contributed by atoms with Gasteiger partial charge in [0.15, 0.2) is 0 Å². The quantitative estimate of drug-likeness (QED) is 0.843. The molecule has 1 aromatic carbocycles. The molecule has 2 atom stereocenters. The third-order valence-corrected chi connectivity index (χ3v) is 5.75. The van der Waals surface area contributed by atoms with Crippen molar-refractivity contribution in [1.82, 2.24) is 9.88 Å². The zero-order valence-corrected chi connectivity index (χ0v) is 17.3. The molecule has 4 rings (SSSR count). The summed E-state index contributed by atoms with van der Waals surface area (Å²) in [5.74, 6) is 1.86. The molecule has 3 heterocycles. The minimum absolute atomic E-state index is 0. The van der Waals surface area contributed by atoms with Crippen LogP contribution in [0.15, 0.2) is 30.3 Å². The molecule has 7 heteroatoms. The number of carbonyl (C=O) groups excluding carboxylic acids is 1. The van der Waals surface area contributed by atoms with Gasteiger partial charge in [-0.2, -0.15) is 0 Å². The van der Waals surface area contributed by atoms with E-state index in [0.717, 1.165) is 37.3 Å². The second kappa shape index (κ2) is 9.09. The summed E-state index contributed by atoms with van der Waals surface area (Å²) in [5, 5.41) is 1.22. The molecule has 2 fully saturated rings. The first-order valence-electron chi connectivity index (χ1n) is 9.28. The van der Waals surface area contributed by atoms with Crippen molar-refractivity contribution < 1.29 is 4.79 Å². The van der Waals surface area contributed by atoms with E-state index in [9.17, 15) is 4.79 Å². The molecular weight excluding hydrogens is 383 g/mol. The predicted molar refractivity (Wildman–Crippen MR) is 115 cm³/mol. The zero-order chi connectivity index (χ0) is 17.4. The van der Waals surface area contributed by atoms with Crippen molar-refractivity contribution >= 4 is 47.4 Å². The maximum atomic E-state index is 12.2. The van der Waals surface area contributed by atoms with E-state index in [1.807, 2.05) is 11.0 Å². The first-order valence-corrected chi connectivity index (χ1v) is 9.28. The summed E-state index contributed by atoms with van der Waals surface area (Å²) in [7, 11) is 0. The Bertz CT molecular complexity index is 801. The van der Waals surface area contributed by atoms with Crippen LogP contribution in [-0.4, -0.2) is 48.0 Å². The van der Waals surface area contributed by atoms with Gasteiger partial charge in [0.2, 0.25) is 5.91 Å². The van der Waals surface area contributed by atoms with Gasteiger partial charge in [0.05, 0.1) is 5.52 Å². The Kier molecular flexibility index (Phi) is 7.32. The third kappa shape index (κ3) is 4.15. The third-order valence-electron chi connectivity index (χ3n) is 5.75. The number of fused-ring (bicyclic) bond motifs is 2. The molecule has 27 heavy (non-hydrogen) atoms. The van der Waals surface area contributed by atoms with Crippen molar-refractivity contribution in [3.8, 4) is 0 Å². The summed E-state index contributed by atoms with van der Waals surface area (Å²) in [6.07, 6.45) is 2.64. The smallest absolute Gasteiger partial charge is 0.222 e. The number of carbonyl (C=O) groups is 1. The summed E-state index contributed by atoms with van der Waals surface area (Å²) in [6.45, 7) is 5.31. The van der Waals surface area contributed by atoms with E-state index in [1.165, 1.54) is 10.9 Å². The van der Waals surface area contributed by atoms with Gasteiger partial charge in [-0.05, 0) is 43.4 Å². The van der Waals surface area contributed by atoms with E-state index in [1.54, 1.807) is 0 Å². The van der Waals surface area contributed by atoms with Crippen molar-refractivity contribution in [3.05, 3.63) is 35.9 Å². The SMILES string of the molecule is Cc1cc(N2CC[C@@H]3[C@@H](CCC(=O)N3CCN)C2)nc2ccccc12.Cl.Cl. The van der Waals surface area contributed by atoms with Crippen LogP contribution in [0.5, 0.6) is 0 Å². The number of hydrogen-bond donors (Lipinski definition) is 1. The van der Waals surface area contributed by atoms with Crippen LogP contribution in [0.3, 0.4) is 0 Å². The normalized spacial score (nSPS) is 22.1. The van der Waals surface area contributed by atoms with Crippen molar-refractivity contribution in [1.29, 1.82) is 0 Å². The highest BCUT2D eigenvalue weighted by Gasteiger charge is 2.39. The molecule has 2 saturated heterocycles. The fourth-order valence-electron chi connectivity index (χ4n) is 4.48.